The van der Waals surface area contributed by atoms with Gasteiger partial charge in [0.2, 0.25) is 10.0 Å². The van der Waals surface area contributed by atoms with Crippen molar-refractivity contribution in [1.82, 2.24) is 0 Å². The third kappa shape index (κ3) is 5.48. The molecule has 0 aliphatic carbocycles. The lowest BCUT2D eigenvalue weighted by Crippen LogP contribution is -2.21. The summed E-state index contributed by atoms with van der Waals surface area (Å²) in [7, 11) is -1.94. The molecule has 0 unspecified atom stereocenters. The number of benzene rings is 2. The van der Waals surface area contributed by atoms with Gasteiger partial charge in [0.15, 0.2) is 0 Å². The lowest BCUT2D eigenvalue weighted by Gasteiger charge is -2.10. The van der Waals surface area contributed by atoms with Crippen molar-refractivity contribution in [3.63, 3.8) is 0 Å². The first kappa shape index (κ1) is 17.6. The summed E-state index contributed by atoms with van der Waals surface area (Å²) in [6, 6.07) is 15.7. The number of anilines is 1. The van der Waals surface area contributed by atoms with Gasteiger partial charge in [0.05, 0.1) is 19.6 Å². The second-order valence-corrected chi connectivity index (χ2v) is 6.82. The molecule has 2 aromatic rings. The van der Waals surface area contributed by atoms with Gasteiger partial charge < -0.3 is 9.47 Å². The lowest BCUT2D eigenvalue weighted by molar-refractivity contribution is 0.340. The van der Waals surface area contributed by atoms with Gasteiger partial charge >= 0.3 is 0 Å². The fourth-order valence-electron chi connectivity index (χ4n) is 1.95. The molecular formula is C17H18N2O4S. The highest BCUT2D eigenvalue weighted by molar-refractivity contribution is 7.92. The number of nitrogens with zero attached hydrogens (tertiary/aromatic N) is 1. The number of hydrogen-bond donors (Lipinski definition) is 1. The van der Waals surface area contributed by atoms with E-state index in [1.54, 1.807) is 55.6 Å². The van der Waals surface area contributed by atoms with Crippen LogP contribution in [0.3, 0.4) is 0 Å². The maximum Gasteiger partial charge on any atom is 0.236 e. The molecule has 0 bridgehead atoms. The molecule has 2 rings (SSSR count). The van der Waals surface area contributed by atoms with E-state index in [2.05, 4.69) is 4.72 Å². The van der Waals surface area contributed by atoms with E-state index in [1.165, 1.54) is 0 Å². The second kappa shape index (κ2) is 8.22. The molecule has 0 saturated heterocycles. The van der Waals surface area contributed by atoms with Crippen molar-refractivity contribution < 1.29 is 17.9 Å². The van der Waals surface area contributed by atoms with Crippen LogP contribution in [0.15, 0.2) is 48.5 Å². The normalized spacial score (nSPS) is 10.7. The van der Waals surface area contributed by atoms with Crippen LogP contribution in [0.5, 0.6) is 11.5 Å². The Morgan fingerprint density at radius 2 is 1.67 bits per heavy atom. The van der Waals surface area contributed by atoms with Crippen molar-refractivity contribution in [2.45, 2.75) is 6.42 Å². The van der Waals surface area contributed by atoms with Gasteiger partial charge in [-0.15, -0.1) is 0 Å². The van der Waals surface area contributed by atoms with Gasteiger partial charge in [-0.3, -0.25) is 4.72 Å². The van der Waals surface area contributed by atoms with Crippen molar-refractivity contribution in [3.05, 3.63) is 54.1 Å². The Labute approximate surface area is 141 Å². The standard InChI is InChI=1S/C17H18N2O4S/c1-22-16-6-8-17(9-7-16)23-12-13-24(20,21)19-15-4-2-14(3-5-15)10-11-18/h2-9,19H,10,12-13H2,1H3. The van der Waals surface area contributed by atoms with Gasteiger partial charge in [-0.05, 0) is 42.0 Å². The maximum atomic E-state index is 12.0. The van der Waals surface area contributed by atoms with Gasteiger partial charge in [-0.25, -0.2) is 8.42 Å². The molecule has 7 heteroatoms. The first-order valence-electron chi connectivity index (χ1n) is 7.25. The van der Waals surface area contributed by atoms with Crippen LogP contribution in [0.1, 0.15) is 5.56 Å². The highest BCUT2D eigenvalue weighted by Crippen LogP contribution is 2.17. The minimum atomic E-state index is -3.51. The van der Waals surface area contributed by atoms with Crippen molar-refractivity contribution in [3.8, 4) is 17.6 Å². The van der Waals surface area contributed by atoms with Crippen LogP contribution < -0.4 is 14.2 Å². The first-order valence-corrected chi connectivity index (χ1v) is 8.91. The molecule has 0 aliphatic rings. The summed E-state index contributed by atoms with van der Waals surface area (Å²) >= 11 is 0. The van der Waals surface area contributed by atoms with Crippen LogP contribution in [-0.4, -0.2) is 27.9 Å². The summed E-state index contributed by atoms with van der Waals surface area (Å²) in [6.45, 7) is 0.0359. The van der Waals surface area contributed by atoms with Crippen LogP contribution in [-0.2, 0) is 16.4 Å². The molecule has 0 spiro atoms. The molecule has 1 N–H and O–H groups in total. The fourth-order valence-corrected chi connectivity index (χ4v) is 2.85. The third-order valence-corrected chi connectivity index (χ3v) is 4.44. The van der Waals surface area contributed by atoms with Crippen LogP contribution in [0.2, 0.25) is 0 Å². The van der Waals surface area contributed by atoms with Crippen molar-refractivity contribution in [2.24, 2.45) is 0 Å². The van der Waals surface area contributed by atoms with Crippen molar-refractivity contribution in [2.75, 3.05) is 24.2 Å². The van der Waals surface area contributed by atoms with Gasteiger partial charge in [-0.2, -0.15) is 5.26 Å². The molecular weight excluding hydrogens is 328 g/mol. The van der Waals surface area contributed by atoms with E-state index in [0.29, 0.717) is 23.6 Å². The Kier molecular flexibility index (Phi) is 6.04. The Balaban J connectivity index is 1.85. The van der Waals surface area contributed by atoms with E-state index >= 15 is 0 Å². The summed E-state index contributed by atoms with van der Waals surface area (Å²) in [5, 5.41) is 8.61. The zero-order valence-corrected chi connectivity index (χ0v) is 14.0. The molecule has 0 amide bonds. The molecule has 0 fully saturated rings. The molecule has 0 aromatic heterocycles. The molecule has 0 aliphatic heterocycles. The van der Waals surface area contributed by atoms with Gasteiger partial charge in [0.25, 0.3) is 0 Å². The number of hydrogen-bond acceptors (Lipinski definition) is 5. The number of nitriles is 1. The van der Waals surface area contributed by atoms with E-state index in [1.807, 2.05) is 6.07 Å². The molecule has 126 valence electrons. The maximum absolute atomic E-state index is 12.0. The molecule has 2 aromatic carbocycles. The Hall–Kier alpha value is -2.72. The highest BCUT2D eigenvalue weighted by atomic mass is 32.2. The minimum absolute atomic E-state index is 0.0359. The predicted octanol–water partition coefficient (Wildman–Crippen LogP) is 2.58. The van der Waals surface area contributed by atoms with Crippen LogP contribution in [0.4, 0.5) is 5.69 Å². The number of rotatable bonds is 8. The van der Waals surface area contributed by atoms with E-state index in [-0.39, 0.29) is 12.4 Å². The topological polar surface area (TPSA) is 88.4 Å². The Morgan fingerprint density at radius 1 is 1.04 bits per heavy atom. The number of nitrogens with one attached hydrogen (secondary N) is 1. The Bertz CT molecular complexity index is 794. The van der Waals surface area contributed by atoms with Crippen LogP contribution in [0.25, 0.3) is 0 Å². The van der Waals surface area contributed by atoms with Crippen LogP contribution in [0, 0.1) is 11.3 Å². The molecule has 0 atom stereocenters. The van der Waals surface area contributed by atoms with Crippen molar-refractivity contribution >= 4 is 15.7 Å². The second-order valence-electron chi connectivity index (χ2n) is 4.98. The van der Waals surface area contributed by atoms with Gasteiger partial charge in [0, 0.05) is 5.69 Å². The van der Waals surface area contributed by atoms with Gasteiger partial charge in [-0.1, -0.05) is 12.1 Å². The molecule has 6 nitrogen and oxygen atoms in total. The summed E-state index contributed by atoms with van der Waals surface area (Å²) in [6.07, 6.45) is 0.294. The summed E-state index contributed by atoms with van der Waals surface area (Å²) in [5.74, 6) is 1.11. The highest BCUT2D eigenvalue weighted by Gasteiger charge is 2.11. The first-order chi connectivity index (χ1) is 11.5. The number of sulfonamides is 1. The fraction of sp³-hybridized carbons (Fsp3) is 0.235. The molecule has 0 heterocycles. The van der Waals surface area contributed by atoms with Crippen molar-refractivity contribution in [1.29, 1.82) is 5.26 Å². The number of ether oxygens (including phenoxy) is 2. The smallest absolute Gasteiger partial charge is 0.236 e. The van der Waals surface area contributed by atoms with Gasteiger partial charge in [0.1, 0.15) is 23.9 Å². The summed E-state index contributed by atoms with van der Waals surface area (Å²) in [5.41, 5.74) is 1.30. The van der Waals surface area contributed by atoms with Crippen LogP contribution >= 0.6 is 0 Å². The van der Waals surface area contributed by atoms with E-state index in [4.69, 9.17) is 14.7 Å². The lowest BCUT2D eigenvalue weighted by atomic mass is 10.1. The summed E-state index contributed by atoms with van der Waals surface area (Å²) in [4.78, 5) is 0. The third-order valence-electron chi connectivity index (χ3n) is 3.19. The predicted molar refractivity (Wildman–Crippen MR) is 91.7 cm³/mol. The van der Waals surface area contributed by atoms with E-state index < -0.39 is 10.0 Å². The average molecular weight is 346 g/mol. The van der Waals surface area contributed by atoms with E-state index in [9.17, 15) is 8.42 Å². The quantitative estimate of drug-likeness (QED) is 0.793. The largest absolute Gasteiger partial charge is 0.497 e. The molecule has 0 saturated carbocycles. The zero-order chi connectivity index (χ0) is 17.4. The average Bonchev–Trinajstić information content (AvgIpc) is 2.57. The Morgan fingerprint density at radius 3 is 2.25 bits per heavy atom. The zero-order valence-electron chi connectivity index (χ0n) is 13.2. The van der Waals surface area contributed by atoms with E-state index in [0.717, 1.165) is 5.56 Å². The molecule has 24 heavy (non-hydrogen) atoms. The minimum Gasteiger partial charge on any atom is -0.497 e. The molecule has 0 radical (unpaired) electrons. The SMILES string of the molecule is COc1ccc(OCCS(=O)(=O)Nc2ccc(CC#N)cc2)cc1. The summed E-state index contributed by atoms with van der Waals surface area (Å²) < 4.78 is 37.0. The monoisotopic (exact) mass is 346 g/mol. The number of methoxy groups -OCH3 is 1.